The van der Waals surface area contributed by atoms with Gasteiger partial charge in [-0.1, -0.05) is 38.1 Å². The third-order valence-electron chi connectivity index (χ3n) is 7.97. The summed E-state index contributed by atoms with van der Waals surface area (Å²) in [4.78, 5) is 36.7. The van der Waals surface area contributed by atoms with E-state index in [-0.39, 0.29) is 23.8 Å². The summed E-state index contributed by atoms with van der Waals surface area (Å²) in [6.07, 6.45) is 1.42. The molecule has 0 radical (unpaired) electrons. The van der Waals surface area contributed by atoms with Crippen LogP contribution in [-0.4, -0.2) is 71.1 Å². The molecule has 214 valence electrons. The van der Waals surface area contributed by atoms with E-state index in [1.54, 1.807) is 22.3 Å². The molecule has 4 heterocycles. The molecule has 3 atom stereocenters. The minimum Gasteiger partial charge on any atom is -0.475 e. The molecule has 3 unspecified atom stereocenters. The SMILES string of the molecule is Cc1ncsc1-c1ccc(C(C)NC(=O)C2CCCN2C(=O)C(c2cc(OCC3CN(C)C3)no2)C(C)C)cc1. The Labute approximate surface area is 239 Å². The summed E-state index contributed by atoms with van der Waals surface area (Å²) < 4.78 is 11.4. The van der Waals surface area contributed by atoms with Crippen molar-refractivity contribution >= 4 is 23.2 Å². The quantitative estimate of drug-likeness (QED) is 0.382. The standard InChI is InChI=1S/C30H39N5O4S/c1-18(2)27(25-13-26(33-39-25)38-16-21-14-34(5)15-21)30(37)35-12-6-7-24(35)29(36)32-19(3)22-8-10-23(11-9-22)28-20(4)31-17-40-28/h8-11,13,17-19,21,24,27H,6-7,12,14-16H2,1-5H3,(H,32,36). The first kappa shape index (κ1) is 28.3. The van der Waals surface area contributed by atoms with E-state index in [4.69, 9.17) is 9.26 Å². The van der Waals surface area contributed by atoms with Crippen LogP contribution in [-0.2, 0) is 9.59 Å². The second-order valence-electron chi connectivity index (χ2n) is 11.5. The van der Waals surface area contributed by atoms with Crippen LogP contribution in [0.4, 0.5) is 0 Å². The Hall–Kier alpha value is -3.24. The van der Waals surface area contributed by atoms with Gasteiger partial charge in [0.15, 0.2) is 5.76 Å². The summed E-state index contributed by atoms with van der Waals surface area (Å²) in [5.41, 5.74) is 4.99. The molecule has 0 saturated carbocycles. The normalized spacial score (nSPS) is 19.4. The fourth-order valence-corrected chi connectivity index (χ4v) is 6.55. The first-order valence-corrected chi connectivity index (χ1v) is 15.0. The number of carbonyl (C=O) groups is 2. The number of nitrogens with one attached hydrogen (secondary N) is 1. The third kappa shape index (κ3) is 6.07. The average Bonchev–Trinajstić information content (AvgIpc) is 3.67. The number of aromatic nitrogens is 2. The molecular formula is C30H39N5O4S. The van der Waals surface area contributed by atoms with Gasteiger partial charge in [-0.15, -0.1) is 11.3 Å². The van der Waals surface area contributed by atoms with E-state index in [0.29, 0.717) is 37.1 Å². The number of carbonyl (C=O) groups excluding carboxylic acids is 2. The topological polar surface area (TPSA) is 101 Å². The van der Waals surface area contributed by atoms with Gasteiger partial charge in [-0.05, 0) is 55.9 Å². The van der Waals surface area contributed by atoms with Crippen LogP contribution in [0.3, 0.4) is 0 Å². The molecule has 0 spiro atoms. The van der Waals surface area contributed by atoms with Gasteiger partial charge in [-0.2, -0.15) is 0 Å². The molecule has 0 aliphatic carbocycles. The molecule has 2 saturated heterocycles. The molecule has 1 N–H and O–H groups in total. The van der Waals surface area contributed by atoms with Crippen molar-refractivity contribution in [3.05, 3.63) is 52.9 Å². The fourth-order valence-electron chi connectivity index (χ4n) is 5.74. The highest BCUT2D eigenvalue weighted by atomic mass is 32.1. The molecule has 40 heavy (non-hydrogen) atoms. The number of amides is 2. The van der Waals surface area contributed by atoms with E-state index in [1.807, 2.05) is 45.3 Å². The van der Waals surface area contributed by atoms with Crippen LogP contribution < -0.4 is 10.1 Å². The molecule has 9 nitrogen and oxygen atoms in total. The van der Waals surface area contributed by atoms with Crippen LogP contribution in [0.25, 0.3) is 10.4 Å². The lowest BCUT2D eigenvalue weighted by molar-refractivity contribution is -0.141. The molecule has 2 aliphatic rings. The van der Waals surface area contributed by atoms with Gasteiger partial charge in [0.25, 0.3) is 5.88 Å². The lowest BCUT2D eigenvalue weighted by atomic mass is 9.91. The van der Waals surface area contributed by atoms with Crippen molar-refractivity contribution in [1.29, 1.82) is 0 Å². The van der Waals surface area contributed by atoms with Crippen LogP contribution >= 0.6 is 11.3 Å². The number of rotatable bonds is 10. The molecule has 1 aromatic carbocycles. The minimum atomic E-state index is -0.534. The Bertz CT molecular complexity index is 1310. The second kappa shape index (κ2) is 12.1. The minimum absolute atomic E-state index is 0.0301. The van der Waals surface area contributed by atoms with Crippen LogP contribution in [0, 0.1) is 18.8 Å². The van der Waals surface area contributed by atoms with E-state index in [2.05, 4.69) is 39.5 Å². The van der Waals surface area contributed by atoms with Gasteiger partial charge < -0.3 is 24.4 Å². The molecular weight excluding hydrogens is 526 g/mol. The van der Waals surface area contributed by atoms with Crippen LogP contribution in [0.2, 0.25) is 0 Å². The smallest absolute Gasteiger partial charge is 0.254 e. The van der Waals surface area contributed by atoms with Gasteiger partial charge in [0, 0.05) is 31.6 Å². The highest BCUT2D eigenvalue weighted by molar-refractivity contribution is 7.13. The first-order valence-electron chi connectivity index (χ1n) is 14.1. The zero-order valence-electron chi connectivity index (χ0n) is 23.9. The van der Waals surface area contributed by atoms with Gasteiger partial charge in [-0.3, -0.25) is 9.59 Å². The van der Waals surface area contributed by atoms with Gasteiger partial charge >= 0.3 is 0 Å². The molecule has 2 aliphatic heterocycles. The van der Waals surface area contributed by atoms with Crippen molar-refractivity contribution in [3.8, 4) is 16.3 Å². The molecule has 10 heteroatoms. The highest BCUT2D eigenvalue weighted by Crippen LogP contribution is 2.33. The predicted molar refractivity (Wildman–Crippen MR) is 154 cm³/mol. The maximum atomic E-state index is 13.8. The highest BCUT2D eigenvalue weighted by Gasteiger charge is 2.40. The number of hydrogen-bond acceptors (Lipinski definition) is 8. The summed E-state index contributed by atoms with van der Waals surface area (Å²) in [5, 5.41) is 7.21. The zero-order chi connectivity index (χ0) is 28.4. The van der Waals surface area contributed by atoms with Crippen molar-refractivity contribution in [3.63, 3.8) is 0 Å². The van der Waals surface area contributed by atoms with Crippen LogP contribution in [0.15, 0.2) is 40.4 Å². The number of benzene rings is 1. The Balaban J connectivity index is 1.22. The number of thiazole rings is 1. The van der Waals surface area contributed by atoms with Gasteiger partial charge in [0.2, 0.25) is 11.8 Å². The molecule has 2 aromatic heterocycles. The lowest BCUT2D eigenvalue weighted by Crippen LogP contribution is -2.48. The molecule has 5 rings (SSSR count). The summed E-state index contributed by atoms with van der Waals surface area (Å²) in [6.45, 7) is 11.1. The average molecular weight is 566 g/mol. The number of ether oxygens (including phenoxy) is 1. The third-order valence-corrected chi connectivity index (χ3v) is 8.95. The van der Waals surface area contributed by atoms with Crippen molar-refractivity contribution < 1.29 is 18.8 Å². The number of nitrogens with zero attached hydrogens (tertiary/aromatic N) is 4. The molecule has 3 aromatic rings. The summed E-state index contributed by atoms with van der Waals surface area (Å²) >= 11 is 1.62. The van der Waals surface area contributed by atoms with E-state index in [9.17, 15) is 9.59 Å². The molecule has 2 amide bonds. The predicted octanol–water partition coefficient (Wildman–Crippen LogP) is 4.65. The van der Waals surface area contributed by atoms with Crippen molar-refractivity contribution in [1.82, 2.24) is 25.3 Å². The fraction of sp³-hybridized carbons (Fsp3) is 0.533. The first-order chi connectivity index (χ1) is 19.2. The maximum absolute atomic E-state index is 13.8. The summed E-state index contributed by atoms with van der Waals surface area (Å²) in [5.74, 6) is 0.578. The van der Waals surface area contributed by atoms with Gasteiger partial charge in [-0.25, -0.2) is 4.98 Å². The Kier molecular flexibility index (Phi) is 8.56. The van der Waals surface area contributed by atoms with E-state index >= 15 is 0 Å². The van der Waals surface area contributed by atoms with E-state index in [0.717, 1.165) is 41.2 Å². The second-order valence-corrected chi connectivity index (χ2v) is 12.4. The Morgan fingerprint density at radius 2 is 1.95 bits per heavy atom. The van der Waals surface area contributed by atoms with Crippen LogP contribution in [0.1, 0.15) is 62.6 Å². The zero-order valence-corrected chi connectivity index (χ0v) is 24.7. The van der Waals surface area contributed by atoms with Crippen molar-refractivity contribution in [2.75, 3.05) is 33.3 Å². The van der Waals surface area contributed by atoms with Crippen LogP contribution in [0.5, 0.6) is 5.88 Å². The number of aryl methyl sites for hydroxylation is 1. The monoisotopic (exact) mass is 565 g/mol. The Morgan fingerprint density at radius 3 is 2.60 bits per heavy atom. The van der Waals surface area contributed by atoms with Gasteiger partial charge in [0.05, 0.1) is 28.7 Å². The molecule has 0 bridgehead atoms. The largest absolute Gasteiger partial charge is 0.475 e. The number of likely N-dealkylation sites (tertiary alicyclic amines) is 2. The van der Waals surface area contributed by atoms with Crippen molar-refractivity contribution in [2.45, 2.75) is 58.5 Å². The lowest BCUT2D eigenvalue weighted by Gasteiger charge is -2.35. The van der Waals surface area contributed by atoms with Crippen molar-refractivity contribution in [2.24, 2.45) is 11.8 Å². The van der Waals surface area contributed by atoms with E-state index < -0.39 is 12.0 Å². The van der Waals surface area contributed by atoms with E-state index in [1.165, 1.54) is 0 Å². The Morgan fingerprint density at radius 1 is 1.20 bits per heavy atom. The number of hydrogen-bond donors (Lipinski definition) is 1. The summed E-state index contributed by atoms with van der Waals surface area (Å²) in [7, 11) is 2.08. The van der Waals surface area contributed by atoms with Gasteiger partial charge in [0.1, 0.15) is 12.0 Å². The summed E-state index contributed by atoms with van der Waals surface area (Å²) in [6, 6.07) is 9.25. The molecule has 2 fully saturated rings. The maximum Gasteiger partial charge on any atom is 0.254 e.